The second-order valence-electron chi connectivity index (χ2n) is 6.67. The lowest BCUT2D eigenvalue weighted by atomic mass is 9.80. The average molecular weight is 355 g/mol. The van der Waals surface area contributed by atoms with E-state index in [1.807, 2.05) is 18.2 Å². The van der Waals surface area contributed by atoms with Gasteiger partial charge in [-0.1, -0.05) is 6.07 Å². The second kappa shape index (κ2) is 6.87. The molecule has 0 aliphatic carbocycles. The number of nitrogens with one attached hydrogen (secondary N) is 1. The molecular formula is C18H21N5O3. The molecule has 0 bridgehead atoms. The molecule has 0 spiro atoms. The van der Waals surface area contributed by atoms with Gasteiger partial charge in [0.2, 0.25) is 11.8 Å². The van der Waals surface area contributed by atoms with Gasteiger partial charge in [-0.3, -0.25) is 9.78 Å². The maximum absolute atomic E-state index is 13.0. The number of ether oxygens (including phenoxy) is 2. The molecule has 8 heteroatoms. The summed E-state index contributed by atoms with van der Waals surface area (Å²) in [5.41, 5.74) is 0.274. The Hall–Kier alpha value is -2.74. The maximum Gasteiger partial charge on any atom is 0.231 e. The van der Waals surface area contributed by atoms with E-state index in [1.165, 1.54) is 6.33 Å². The van der Waals surface area contributed by atoms with Gasteiger partial charge in [0.1, 0.15) is 12.1 Å². The van der Waals surface area contributed by atoms with Crippen LogP contribution >= 0.6 is 0 Å². The van der Waals surface area contributed by atoms with E-state index in [1.54, 1.807) is 19.4 Å². The Balaban J connectivity index is 1.49. The zero-order valence-corrected chi connectivity index (χ0v) is 14.6. The third-order valence-electron chi connectivity index (χ3n) is 5.14. The number of nitrogens with zero attached hydrogens (tertiary/aromatic N) is 4. The van der Waals surface area contributed by atoms with Crippen LogP contribution in [0.15, 0.2) is 36.8 Å². The van der Waals surface area contributed by atoms with Gasteiger partial charge in [-0.05, 0) is 12.1 Å². The van der Waals surface area contributed by atoms with Crippen LogP contribution < -0.4 is 15.0 Å². The molecule has 1 amide bonds. The number of carbonyl (C=O) groups is 1. The van der Waals surface area contributed by atoms with Crippen molar-refractivity contribution in [2.75, 3.05) is 38.3 Å². The third-order valence-corrected chi connectivity index (χ3v) is 5.14. The van der Waals surface area contributed by atoms with Crippen molar-refractivity contribution in [1.82, 2.24) is 20.3 Å². The molecule has 2 aromatic heterocycles. The summed E-state index contributed by atoms with van der Waals surface area (Å²) in [4.78, 5) is 27.8. The Morgan fingerprint density at radius 1 is 1.42 bits per heavy atom. The summed E-state index contributed by atoms with van der Waals surface area (Å²) in [6.07, 6.45) is 3.20. The zero-order chi connectivity index (χ0) is 18.0. The van der Waals surface area contributed by atoms with Gasteiger partial charge in [0.25, 0.3) is 0 Å². The number of hydrogen-bond acceptors (Lipinski definition) is 7. The van der Waals surface area contributed by atoms with E-state index < -0.39 is 5.41 Å². The van der Waals surface area contributed by atoms with Gasteiger partial charge in [-0.25, -0.2) is 9.97 Å². The Labute approximate surface area is 151 Å². The second-order valence-corrected chi connectivity index (χ2v) is 6.67. The van der Waals surface area contributed by atoms with E-state index in [0.717, 1.165) is 18.1 Å². The normalized spacial score (nSPS) is 24.3. The monoisotopic (exact) mass is 355 g/mol. The number of anilines is 1. The van der Waals surface area contributed by atoms with Gasteiger partial charge in [0.05, 0.1) is 38.0 Å². The molecule has 26 heavy (non-hydrogen) atoms. The lowest BCUT2D eigenvalue weighted by Crippen LogP contribution is -2.46. The summed E-state index contributed by atoms with van der Waals surface area (Å²) >= 11 is 0. The van der Waals surface area contributed by atoms with Crippen LogP contribution in [0.5, 0.6) is 5.88 Å². The van der Waals surface area contributed by atoms with Crippen LogP contribution in [0.25, 0.3) is 0 Å². The number of methoxy groups -OCH3 is 1. The average Bonchev–Trinajstić information content (AvgIpc) is 3.25. The minimum Gasteiger partial charge on any atom is -0.481 e. The molecule has 4 rings (SSSR count). The first kappa shape index (κ1) is 16.7. The number of aromatic nitrogens is 3. The van der Waals surface area contributed by atoms with Crippen LogP contribution in [0.3, 0.4) is 0 Å². The molecule has 1 N–H and O–H groups in total. The van der Waals surface area contributed by atoms with Gasteiger partial charge < -0.3 is 19.7 Å². The van der Waals surface area contributed by atoms with Crippen LogP contribution in [-0.2, 0) is 16.1 Å². The van der Waals surface area contributed by atoms with Crippen LogP contribution in [-0.4, -0.2) is 54.3 Å². The Morgan fingerprint density at radius 3 is 3.15 bits per heavy atom. The highest BCUT2D eigenvalue weighted by Gasteiger charge is 2.56. The summed E-state index contributed by atoms with van der Waals surface area (Å²) in [6.45, 7) is 2.69. The van der Waals surface area contributed by atoms with Crippen molar-refractivity contribution in [3.8, 4) is 5.88 Å². The largest absolute Gasteiger partial charge is 0.481 e. The number of rotatable bonds is 5. The van der Waals surface area contributed by atoms with Gasteiger partial charge in [-0.2, -0.15) is 0 Å². The van der Waals surface area contributed by atoms with E-state index in [-0.39, 0.29) is 11.8 Å². The first-order valence-corrected chi connectivity index (χ1v) is 8.58. The van der Waals surface area contributed by atoms with E-state index in [0.29, 0.717) is 32.2 Å². The van der Waals surface area contributed by atoms with Crippen LogP contribution in [0.4, 0.5) is 5.82 Å². The van der Waals surface area contributed by atoms with E-state index in [9.17, 15) is 4.79 Å². The fourth-order valence-electron chi connectivity index (χ4n) is 3.70. The number of hydrogen-bond donors (Lipinski definition) is 1. The summed E-state index contributed by atoms with van der Waals surface area (Å²) in [5, 5.41) is 3.03. The molecule has 0 saturated carbocycles. The van der Waals surface area contributed by atoms with Crippen molar-refractivity contribution in [3.05, 3.63) is 42.5 Å². The molecule has 2 aliphatic heterocycles. The van der Waals surface area contributed by atoms with Crippen molar-refractivity contribution in [3.63, 3.8) is 0 Å². The number of amides is 1. The molecule has 4 heterocycles. The molecule has 2 atom stereocenters. The molecule has 136 valence electrons. The van der Waals surface area contributed by atoms with Crippen molar-refractivity contribution < 1.29 is 14.3 Å². The smallest absolute Gasteiger partial charge is 0.231 e. The fourth-order valence-corrected chi connectivity index (χ4v) is 3.70. The molecule has 0 aromatic carbocycles. The molecule has 2 aliphatic rings. The fraction of sp³-hybridized carbons (Fsp3) is 0.444. The topological polar surface area (TPSA) is 89.5 Å². The summed E-state index contributed by atoms with van der Waals surface area (Å²) in [6, 6.07) is 7.46. The summed E-state index contributed by atoms with van der Waals surface area (Å²) < 4.78 is 10.8. The van der Waals surface area contributed by atoms with Gasteiger partial charge in [0, 0.05) is 31.3 Å². The predicted molar refractivity (Wildman–Crippen MR) is 93.6 cm³/mol. The molecule has 0 radical (unpaired) electrons. The van der Waals surface area contributed by atoms with Crippen LogP contribution in [0.2, 0.25) is 0 Å². The Bertz CT molecular complexity index is 787. The number of fused-ring (bicyclic) bond motifs is 1. The molecule has 2 saturated heterocycles. The van der Waals surface area contributed by atoms with E-state index in [2.05, 4.69) is 25.2 Å². The SMILES string of the molecule is COc1cc(N2C[C@@H]3COC[C@]3(C(=O)NCc3ccccn3)C2)ncn1. The van der Waals surface area contributed by atoms with Crippen LogP contribution in [0.1, 0.15) is 5.69 Å². The highest BCUT2D eigenvalue weighted by molar-refractivity contribution is 5.85. The quantitative estimate of drug-likeness (QED) is 0.842. The van der Waals surface area contributed by atoms with Crippen LogP contribution in [0, 0.1) is 11.3 Å². The summed E-state index contributed by atoms with van der Waals surface area (Å²) in [7, 11) is 1.57. The minimum absolute atomic E-state index is 0.00849. The Morgan fingerprint density at radius 2 is 2.35 bits per heavy atom. The molecule has 2 aromatic rings. The van der Waals surface area contributed by atoms with Crippen molar-refractivity contribution in [1.29, 1.82) is 0 Å². The van der Waals surface area contributed by atoms with Gasteiger partial charge >= 0.3 is 0 Å². The highest BCUT2D eigenvalue weighted by Crippen LogP contribution is 2.43. The number of pyridine rings is 1. The molecule has 8 nitrogen and oxygen atoms in total. The van der Waals surface area contributed by atoms with Crippen molar-refractivity contribution in [2.24, 2.45) is 11.3 Å². The van der Waals surface area contributed by atoms with E-state index in [4.69, 9.17) is 9.47 Å². The van der Waals surface area contributed by atoms with E-state index >= 15 is 0 Å². The first-order chi connectivity index (χ1) is 12.7. The standard InChI is InChI=1S/C18H21N5O3/c1-25-16-6-15(21-12-22-16)23-8-13-9-26-11-18(13,10-23)17(24)20-7-14-4-2-3-5-19-14/h2-6,12-13H,7-11H2,1H3,(H,20,24)/t13-,18-/m1/s1. The van der Waals surface area contributed by atoms with Gasteiger partial charge in [-0.15, -0.1) is 0 Å². The van der Waals surface area contributed by atoms with Crippen molar-refractivity contribution >= 4 is 11.7 Å². The zero-order valence-electron chi connectivity index (χ0n) is 14.6. The third kappa shape index (κ3) is 2.96. The van der Waals surface area contributed by atoms with Crippen molar-refractivity contribution in [2.45, 2.75) is 6.54 Å². The molecule has 2 fully saturated rings. The van der Waals surface area contributed by atoms with Gasteiger partial charge in [0.15, 0.2) is 0 Å². The predicted octanol–water partition coefficient (Wildman–Crippen LogP) is 0.649. The number of carbonyl (C=O) groups excluding carboxylic acids is 1. The lowest BCUT2D eigenvalue weighted by molar-refractivity contribution is -0.131. The minimum atomic E-state index is -0.563. The maximum atomic E-state index is 13.0. The first-order valence-electron chi connectivity index (χ1n) is 8.58. The Kier molecular flexibility index (Phi) is 4.42. The summed E-state index contributed by atoms with van der Waals surface area (Å²) in [5.74, 6) is 1.42. The molecule has 0 unspecified atom stereocenters. The highest BCUT2D eigenvalue weighted by atomic mass is 16.5. The molecular weight excluding hydrogens is 334 g/mol. The lowest BCUT2D eigenvalue weighted by Gasteiger charge is -2.26.